The van der Waals surface area contributed by atoms with Crippen molar-refractivity contribution < 1.29 is 42.2 Å². The number of fused-ring (bicyclic) bond motifs is 1. The molecule has 0 aliphatic carbocycles. The van der Waals surface area contributed by atoms with E-state index in [0.717, 1.165) is 6.42 Å². The van der Waals surface area contributed by atoms with Crippen LogP contribution in [0, 0.1) is 5.92 Å². The van der Waals surface area contributed by atoms with Crippen LogP contribution >= 0.6 is 0 Å². The van der Waals surface area contributed by atoms with E-state index in [4.69, 9.17) is 19.0 Å². The zero-order chi connectivity index (χ0) is 28.2. The van der Waals surface area contributed by atoms with Crippen molar-refractivity contribution in [2.45, 2.75) is 51.5 Å². The molecule has 3 atom stereocenters. The maximum atomic E-state index is 13.3. The summed E-state index contributed by atoms with van der Waals surface area (Å²) in [6.45, 7) is 5.65. The molecule has 1 N–H and O–H groups in total. The van der Waals surface area contributed by atoms with Gasteiger partial charge in [0.2, 0.25) is 22.6 Å². The summed E-state index contributed by atoms with van der Waals surface area (Å²) in [7, 11) is -1.84. The summed E-state index contributed by atoms with van der Waals surface area (Å²) in [5.74, 6) is -1.14. The Balaban J connectivity index is 1.64. The minimum absolute atomic E-state index is 0.0386. The Kier molecular flexibility index (Phi) is 9.57. The van der Waals surface area contributed by atoms with Gasteiger partial charge < -0.3 is 19.3 Å². The van der Waals surface area contributed by atoms with Gasteiger partial charge in [0.1, 0.15) is 0 Å². The summed E-state index contributed by atoms with van der Waals surface area (Å²) >= 11 is 0. The second-order valence-corrected chi connectivity index (χ2v) is 12.2. The van der Waals surface area contributed by atoms with Gasteiger partial charge in [0.25, 0.3) is 5.91 Å². The number of aliphatic carboxylic acids is 1. The first-order chi connectivity index (χ1) is 18.7. The lowest BCUT2D eigenvalue weighted by atomic mass is 9.84. The van der Waals surface area contributed by atoms with E-state index in [1.165, 1.54) is 16.5 Å². The largest absolute Gasteiger partial charge is 0.493 e. The average Bonchev–Trinajstić information content (AvgIpc) is 3.61. The standard InChI is InChI=1S/C26H39N3O9S/c1-4-8-29(38-11-5-2)23(30)16-27-15-19(18-13-21(35-3)25-22(14-18)36-17-37-25)24(26(31)32)20(27)7-10-28-9-6-12-39(28,33)34/h13-14,19-20,24H,4-12,15-17H2,1-3H3,(H,31,32)/t19-,20+,24-/m1/s1. The van der Waals surface area contributed by atoms with Gasteiger partial charge in [-0.1, -0.05) is 13.8 Å². The number of ether oxygens (including phenoxy) is 3. The molecule has 2 fully saturated rings. The highest BCUT2D eigenvalue weighted by Crippen LogP contribution is 2.47. The maximum absolute atomic E-state index is 13.3. The lowest BCUT2D eigenvalue weighted by Gasteiger charge is -2.30. The maximum Gasteiger partial charge on any atom is 0.308 e. The van der Waals surface area contributed by atoms with E-state index in [-0.39, 0.29) is 44.5 Å². The van der Waals surface area contributed by atoms with Gasteiger partial charge in [-0.15, -0.1) is 0 Å². The molecule has 13 heteroatoms. The van der Waals surface area contributed by atoms with Crippen LogP contribution < -0.4 is 14.2 Å². The molecule has 218 valence electrons. The molecular weight excluding hydrogens is 530 g/mol. The van der Waals surface area contributed by atoms with Crippen molar-refractivity contribution in [2.24, 2.45) is 5.92 Å². The zero-order valence-electron chi connectivity index (χ0n) is 22.8. The van der Waals surface area contributed by atoms with E-state index >= 15 is 0 Å². The molecule has 0 spiro atoms. The number of sulfonamides is 1. The fraction of sp³-hybridized carbons (Fsp3) is 0.692. The molecule has 4 rings (SSSR count). The molecule has 3 aliphatic heterocycles. The summed E-state index contributed by atoms with van der Waals surface area (Å²) < 4.78 is 42.9. The highest BCUT2D eigenvalue weighted by Gasteiger charge is 2.48. The van der Waals surface area contributed by atoms with Crippen LogP contribution in [0.3, 0.4) is 0 Å². The number of carbonyl (C=O) groups excluding carboxylic acids is 1. The van der Waals surface area contributed by atoms with Gasteiger partial charge in [0.15, 0.2) is 11.5 Å². The second kappa shape index (κ2) is 12.7. The van der Waals surface area contributed by atoms with Crippen molar-refractivity contribution in [3.8, 4) is 17.2 Å². The van der Waals surface area contributed by atoms with Crippen LogP contribution in [0.2, 0.25) is 0 Å². The number of carboxylic acids is 1. The second-order valence-electron chi connectivity index (χ2n) is 10.1. The minimum atomic E-state index is -3.34. The number of benzene rings is 1. The molecule has 1 amide bonds. The number of hydrogen-bond donors (Lipinski definition) is 1. The number of amides is 1. The highest BCUT2D eigenvalue weighted by molar-refractivity contribution is 7.89. The number of nitrogens with zero attached hydrogens (tertiary/aromatic N) is 3. The number of hydrogen-bond acceptors (Lipinski definition) is 9. The number of carboxylic acid groups (broad SMARTS) is 1. The van der Waals surface area contributed by atoms with E-state index in [9.17, 15) is 23.1 Å². The number of likely N-dealkylation sites (tertiary alicyclic amines) is 1. The first-order valence-electron chi connectivity index (χ1n) is 13.6. The average molecular weight is 570 g/mol. The molecular formula is C26H39N3O9S. The van der Waals surface area contributed by atoms with Crippen molar-refractivity contribution in [3.05, 3.63) is 17.7 Å². The fourth-order valence-electron chi connectivity index (χ4n) is 5.69. The van der Waals surface area contributed by atoms with Crippen LogP contribution in [0.25, 0.3) is 0 Å². The predicted molar refractivity (Wildman–Crippen MR) is 141 cm³/mol. The number of methoxy groups -OCH3 is 1. The predicted octanol–water partition coefficient (Wildman–Crippen LogP) is 1.90. The quantitative estimate of drug-likeness (QED) is 0.351. The van der Waals surface area contributed by atoms with E-state index in [1.807, 2.05) is 18.7 Å². The topological polar surface area (TPSA) is 135 Å². The van der Waals surface area contributed by atoms with Crippen LogP contribution in [-0.4, -0.2) is 105 Å². The molecule has 0 radical (unpaired) electrons. The van der Waals surface area contributed by atoms with Crippen LogP contribution in [0.4, 0.5) is 0 Å². The van der Waals surface area contributed by atoms with Gasteiger partial charge in [0, 0.05) is 38.1 Å². The van der Waals surface area contributed by atoms with Crippen LogP contribution in [-0.2, 0) is 24.4 Å². The third-order valence-electron chi connectivity index (χ3n) is 7.51. The molecule has 0 saturated carbocycles. The minimum Gasteiger partial charge on any atom is -0.493 e. The molecule has 3 heterocycles. The zero-order valence-corrected chi connectivity index (χ0v) is 23.7. The summed E-state index contributed by atoms with van der Waals surface area (Å²) in [4.78, 5) is 33.6. The lowest BCUT2D eigenvalue weighted by molar-refractivity contribution is -0.188. The van der Waals surface area contributed by atoms with Gasteiger partial charge in [-0.2, -0.15) is 0 Å². The van der Waals surface area contributed by atoms with Crippen molar-refractivity contribution in [2.75, 3.05) is 59.0 Å². The molecule has 39 heavy (non-hydrogen) atoms. The molecule has 12 nitrogen and oxygen atoms in total. The monoisotopic (exact) mass is 569 g/mol. The lowest BCUT2D eigenvalue weighted by Crippen LogP contribution is -2.45. The smallest absolute Gasteiger partial charge is 0.308 e. The fourth-order valence-corrected chi connectivity index (χ4v) is 7.23. The normalized spacial score (nSPS) is 24.2. The molecule has 2 saturated heterocycles. The van der Waals surface area contributed by atoms with E-state index in [0.29, 0.717) is 55.4 Å². The first-order valence-corrected chi connectivity index (χ1v) is 15.2. The summed E-state index contributed by atoms with van der Waals surface area (Å²) in [5, 5.41) is 11.8. The highest BCUT2D eigenvalue weighted by atomic mass is 32.2. The summed E-state index contributed by atoms with van der Waals surface area (Å²) in [6.07, 6.45) is 2.30. The van der Waals surface area contributed by atoms with Gasteiger partial charge in [-0.3, -0.25) is 19.3 Å². The number of hydroxylamine groups is 2. The molecule has 3 aliphatic rings. The van der Waals surface area contributed by atoms with Crippen LogP contribution in [0.15, 0.2) is 12.1 Å². The van der Waals surface area contributed by atoms with Gasteiger partial charge in [-0.05, 0) is 43.4 Å². The van der Waals surface area contributed by atoms with E-state index in [1.54, 1.807) is 12.1 Å². The molecule has 1 aromatic carbocycles. The summed E-state index contributed by atoms with van der Waals surface area (Å²) in [5.41, 5.74) is 0.699. The molecule has 0 unspecified atom stereocenters. The Bertz CT molecular complexity index is 1150. The van der Waals surface area contributed by atoms with Gasteiger partial charge >= 0.3 is 5.97 Å². The Morgan fingerprint density at radius 3 is 2.64 bits per heavy atom. The Labute approximate surface area is 229 Å². The Morgan fingerprint density at radius 1 is 1.21 bits per heavy atom. The SMILES string of the molecule is CCCON(CCC)C(=O)CN1C[C@H](c2cc(OC)c3c(c2)OCO3)[C@@H](C(=O)O)[C@@H]1CCN1CCCS1(=O)=O. The third kappa shape index (κ3) is 6.42. The van der Waals surface area contributed by atoms with Crippen molar-refractivity contribution in [1.82, 2.24) is 14.3 Å². The molecule has 0 aromatic heterocycles. The van der Waals surface area contributed by atoms with E-state index in [2.05, 4.69) is 0 Å². The van der Waals surface area contributed by atoms with Crippen molar-refractivity contribution in [1.29, 1.82) is 0 Å². The molecule has 1 aromatic rings. The molecule has 0 bridgehead atoms. The Hall–Kier alpha value is -2.61. The number of carbonyl (C=O) groups is 2. The summed E-state index contributed by atoms with van der Waals surface area (Å²) in [6, 6.07) is 2.96. The third-order valence-corrected chi connectivity index (χ3v) is 9.47. The first kappa shape index (κ1) is 29.4. The van der Waals surface area contributed by atoms with Gasteiger partial charge in [-0.25, -0.2) is 17.8 Å². The van der Waals surface area contributed by atoms with Crippen molar-refractivity contribution >= 4 is 21.9 Å². The van der Waals surface area contributed by atoms with Crippen LogP contribution in [0.1, 0.15) is 51.0 Å². The number of rotatable bonds is 13. The van der Waals surface area contributed by atoms with E-state index < -0.39 is 33.9 Å². The van der Waals surface area contributed by atoms with Crippen LogP contribution in [0.5, 0.6) is 17.2 Å². The van der Waals surface area contributed by atoms with Gasteiger partial charge in [0.05, 0.1) is 31.9 Å². The van der Waals surface area contributed by atoms with Crippen molar-refractivity contribution in [3.63, 3.8) is 0 Å². The Morgan fingerprint density at radius 2 is 2.00 bits per heavy atom.